The molecule has 0 unspecified atom stereocenters. The summed E-state index contributed by atoms with van der Waals surface area (Å²) in [5, 5.41) is 13.8. The van der Waals surface area contributed by atoms with Crippen LogP contribution in [-0.2, 0) is 32.2 Å². The fourth-order valence-electron chi connectivity index (χ4n) is 6.59. The Hall–Kier alpha value is -4.92. The Bertz CT molecular complexity index is 2700. The van der Waals surface area contributed by atoms with Crippen molar-refractivity contribution in [3.05, 3.63) is 96.0 Å². The number of aryl methyl sites for hydroxylation is 6. The zero-order chi connectivity index (χ0) is 34.5. The Kier molecular flexibility index (Phi) is 8.45. The van der Waals surface area contributed by atoms with E-state index in [9.17, 15) is 14.4 Å². The molecule has 8 aromatic heterocycles. The molecule has 0 saturated heterocycles. The number of carbonyl (C=O) groups is 1. The molecule has 0 saturated carbocycles. The molecule has 11 nitrogen and oxygen atoms in total. The lowest BCUT2D eigenvalue weighted by molar-refractivity contribution is 0.0695. The average molecular weight is 723 g/mol. The summed E-state index contributed by atoms with van der Waals surface area (Å²) in [4.78, 5) is 60.1. The number of aromatic nitrogens is 6. The van der Waals surface area contributed by atoms with Gasteiger partial charge in [0.15, 0.2) is 5.89 Å². The van der Waals surface area contributed by atoms with Crippen molar-refractivity contribution in [3.8, 4) is 0 Å². The van der Waals surface area contributed by atoms with Crippen LogP contribution in [0.15, 0.2) is 55.4 Å². The van der Waals surface area contributed by atoms with Gasteiger partial charge in [-0.15, -0.1) is 34.0 Å². The molecule has 0 fully saturated rings. The fourth-order valence-corrected chi connectivity index (χ4v) is 8.98. The number of carboxylic acids is 1. The zero-order valence-corrected chi connectivity index (χ0v) is 29.6. The van der Waals surface area contributed by atoms with Gasteiger partial charge in [0, 0.05) is 41.8 Å². The first-order valence-corrected chi connectivity index (χ1v) is 18.9. The minimum Gasteiger partial charge on any atom is -0.477 e. The lowest BCUT2D eigenvalue weighted by Gasteiger charge is -2.13. The molecule has 10 rings (SSSR count). The van der Waals surface area contributed by atoms with Crippen LogP contribution in [0.4, 0.5) is 0 Å². The third-order valence-electron chi connectivity index (χ3n) is 9.02. The molecule has 0 radical (unpaired) electrons. The van der Waals surface area contributed by atoms with Crippen LogP contribution in [-0.4, -0.2) is 40.6 Å². The van der Waals surface area contributed by atoms with Crippen molar-refractivity contribution in [3.63, 3.8) is 0 Å². The van der Waals surface area contributed by atoms with Crippen molar-refractivity contribution in [2.24, 2.45) is 0 Å². The summed E-state index contributed by atoms with van der Waals surface area (Å²) in [6, 6.07) is 8.25. The first kappa shape index (κ1) is 32.3. The van der Waals surface area contributed by atoms with Crippen molar-refractivity contribution >= 4 is 92.0 Å². The summed E-state index contributed by atoms with van der Waals surface area (Å²) in [5.41, 5.74) is 7.74. The molecular weight excluding hydrogens is 693 g/mol. The predicted molar refractivity (Wildman–Crippen MR) is 198 cm³/mol. The number of hydrogen-bond acceptors (Lipinski definition) is 12. The first-order valence-electron chi connectivity index (χ1n) is 16.4. The van der Waals surface area contributed by atoms with Gasteiger partial charge in [0.05, 0.1) is 10.9 Å². The van der Waals surface area contributed by atoms with Gasteiger partial charge in [-0.05, 0) is 92.6 Å². The van der Waals surface area contributed by atoms with E-state index in [-0.39, 0.29) is 11.2 Å². The van der Waals surface area contributed by atoms with Crippen LogP contribution < -0.4 is 11.1 Å². The standard InChI is InChI=1S/C13H10N2O2S.C12H9N3O3S.C11H11NS/c1-6-14-10-8-5-7-3-2-4-9(7)15-12(8)18-11(10)13(16)17-6;1-2-15-4-7(12(17)18)9(16)6-3-8-11(14-10(6)15)19-5-13-8;1-2-4-10-8(3-1)7-9-5-6-13-11(9)12-10/h5H,2-4H2,1H3;3-5H,2H2,1H3,(H,17,18);5-7H,1-4H2. The summed E-state index contributed by atoms with van der Waals surface area (Å²) >= 11 is 4.52. The molecule has 0 bridgehead atoms. The van der Waals surface area contributed by atoms with Crippen molar-refractivity contribution in [1.82, 2.24) is 29.5 Å². The lowest BCUT2D eigenvalue weighted by atomic mass is 9.96. The van der Waals surface area contributed by atoms with Crippen LogP contribution in [0.5, 0.6) is 0 Å². The summed E-state index contributed by atoms with van der Waals surface area (Å²) in [7, 11) is 0. The second-order valence-electron chi connectivity index (χ2n) is 12.2. The smallest absolute Gasteiger partial charge is 0.357 e. The van der Waals surface area contributed by atoms with E-state index in [1.807, 2.05) is 6.92 Å². The van der Waals surface area contributed by atoms with Gasteiger partial charge < -0.3 is 14.1 Å². The number of aromatic carboxylic acids is 1. The normalized spacial score (nSPS) is 13.6. The summed E-state index contributed by atoms with van der Waals surface area (Å²) < 4.78 is 7.28. The van der Waals surface area contributed by atoms with E-state index < -0.39 is 11.4 Å². The van der Waals surface area contributed by atoms with Crippen LogP contribution in [0.3, 0.4) is 0 Å². The highest BCUT2D eigenvalue weighted by Crippen LogP contribution is 2.33. The van der Waals surface area contributed by atoms with Crippen molar-refractivity contribution in [1.29, 1.82) is 0 Å². The van der Waals surface area contributed by atoms with Crippen molar-refractivity contribution in [2.45, 2.75) is 65.3 Å². The van der Waals surface area contributed by atoms with Crippen molar-refractivity contribution in [2.75, 3.05) is 0 Å². The first-order chi connectivity index (χ1) is 24.3. The topological polar surface area (TPSA) is 154 Å². The Labute approximate surface area is 296 Å². The average Bonchev–Trinajstić information content (AvgIpc) is 3.93. The van der Waals surface area contributed by atoms with Gasteiger partial charge in [0.1, 0.15) is 41.4 Å². The maximum atomic E-state index is 12.1. The maximum Gasteiger partial charge on any atom is 0.357 e. The minimum absolute atomic E-state index is 0.245. The monoisotopic (exact) mass is 722 g/mol. The SMILES string of the molecule is CCn1cc(C(=O)O)c(=O)c2cc3ncsc3nc21.Cc1nc2c(sc3nc4c(cc32)CCC4)c(=O)o1.c1cc2cc3c(nc2s1)CCCC3. The highest BCUT2D eigenvalue weighted by Gasteiger charge is 2.19. The number of carboxylic acid groups (broad SMARTS) is 1. The molecule has 252 valence electrons. The van der Waals surface area contributed by atoms with Crippen LogP contribution in [0.25, 0.3) is 52.0 Å². The lowest BCUT2D eigenvalue weighted by Crippen LogP contribution is -2.19. The number of pyridine rings is 4. The number of thiophene rings is 2. The van der Waals surface area contributed by atoms with E-state index in [2.05, 4.69) is 43.5 Å². The Morgan fingerprint density at radius 1 is 0.900 bits per heavy atom. The number of fused-ring (bicyclic) bond motifs is 8. The minimum atomic E-state index is -1.23. The van der Waals surface area contributed by atoms with Crippen LogP contribution in [0.1, 0.15) is 64.9 Å². The van der Waals surface area contributed by atoms with E-state index in [0.717, 1.165) is 33.4 Å². The molecule has 0 aliphatic heterocycles. The molecule has 8 heterocycles. The zero-order valence-electron chi connectivity index (χ0n) is 27.2. The third-order valence-corrected chi connectivity index (χ3v) is 11.6. The molecule has 0 spiro atoms. The van der Waals surface area contributed by atoms with E-state index in [4.69, 9.17) is 14.5 Å². The number of thiazole rings is 1. The molecule has 8 aromatic rings. The molecule has 14 heteroatoms. The quantitative estimate of drug-likeness (QED) is 0.190. The van der Waals surface area contributed by atoms with Gasteiger partial charge in [-0.2, -0.15) is 0 Å². The third kappa shape index (κ3) is 5.86. The summed E-state index contributed by atoms with van der Waals surface area (Å²) in [6.45, 7) is 4.10. The van der Waals surface area contributed by atoms with E-state index >= 15 is 0 Å². The van der Waals surface area contributed by atoms with Crippen LogP contribution in [0, 0.1) is 6.92 Å². The molecule has 2 aliphatic carbocycles. The van der Waals surface area contributed by atoms with Gasteiger partial charge >= 0.3 is 11.6 Å². The Morgan fingerprint density at radius 2 is 1.66 bits per heavy atom. The van der Waals surface area contributed by atoms with Crippen molar-refractivity contribution < 1.29 is 14.3 Å². The van der Waals surface area contributed by atoms with Gasteiger partial charge in [-0.1, -0.05) is 0 Å². The fraction of sp³-hybridized carbons (Fsp3) is 0.278. The van der Waals surface area contributed by atoms with E-state index in [1.54, 1.807) is 34.4 Å². The molecule has 0 aromatic carbocycles. The number of nitrogens with zero attached hydrogens (tertiary/aromatic N) is 6. The summed E-state index contributed by atoms with van der Waals surface area (Å²) in [6.07, 6.45) is 9.70. The predicted octanol–water partition coefficient (Wildman–Crippen LogP) is 7.49. The van der Waals surface area contributed by atoms with Gasteiger partial charge in [0.2, 0.25) is 5.43 Å². The van der Waals surface area contributed by atoms with Crippen LogP contribution in [0.2, 0.25) is 0 Å². The molecule has 0 amide bonds. The molecule has 2 aliphatic rings. The van der Waals surface area contributed by atoms with Gasteiger partial charge in [-0.3, -0.25) is 4.79 Å². The van der Waals surface area contributed by atoms with Crippen LogP contribution >= 0.6 is 34.0 Å². The Balaban J connectivity index is 0.000000110. The molecular formula is C36H30N6O5S3. The van der Waals surface area contributed by atoms with Gasteiger partial charge in [0.25, 0.3) is 0 Å². The highest BCUT2D eigenvalue weighted by molar-refractivity contribution is 7.25. The highest BCUT2D eigenvalue weighted by atomic mass is 32.1. The maximum absolute atomic E-state index is 12.1. The molecule has 50 heavy (non-hydrogen) atoms. The number of rotatable bonds is 2. The van der Waals surface area contributed by atoms with E-state index in [1.165, 1.54) is 93.7 Å². The Morgan fingerprint density at radius 3 is 2.48 bits per heavy atom. The number of hydrogen-bond donors (Lipinski definition) is 1. The largest absolute Gasteiger partial charge is 0.477 e. The second-order valence-corrected chi connectivity index (χ2v) is 14.9. The summed E-state index contributed by atoms with van der Waals surface area (Å²) in [5.74, 6) is -0.819. The molecule has 1 N–H and O–H groups in total. The van der Waals surface area contributed by atoms with Gasteiger partial charge in [-0.25, -0.2) is 34.5 Å². The second kappa shape index (κ2) is 13.1. The van der Waals surface area contributed by atoms with E-state index in [0.29, 0.717) is 33.7 Å². The molecule has 0 atom stereocenters.